The summed E-state index contributed by atoms with van der Waals surface area (Å²) >= 11 is 6.16. The maximum Gasteiger partial charge on any atom is 0.262 e. The lowest BCUT2D eigenvalue weighted by atomic mass is 10.2. The Morgan fingerprint density at radius 1 is 1.10 bits per heavy atom. The average Bonchev–Trinajstić information content (AvgIpc) is 3.16. The molecule has 156 valence electrons. The number of fused-ring (bicyclic) bond motifs is 1. The van der Waals surface area contributed by atoms with Crippen LogP contribution in [0.4, 0.5) is 11.4 Å². The molecule has 2 aromatic carbocycles. The van der Waals surface area contributed by atoms with E-state index in [0.717, 1.165) is 0 Å². The van der Waals surface area contributed by atoms with Gasteiger partial charge in [-0.1, -0.05) is 16.8 Å². The number of amides is 1. The van der Waals surface area contributed by atoms with Crippen LogP contribution >= 0.6 is 11.6 Å². The molecule has 0 unspecified atom stereocenters. The first-order valence-electron chi connectivity index (χ1n) is 8.78. The molecule has 3 aromatic rings. The highest BCUT2D eigenvalue weighted by Gasteiger charge is 2.21. The van der Waals surface area contributed by atoms with Gasteiger partial charge >= 0.3 is 0 Å². The predicted molar refractivity (Wildman–Crippen MR) is 109 cm³/mol. The van der Waals surface area contributed by atoms with Gasteiger partial charge < -0.3 is 19.3 Å². The molecule has 1 amide bonds. The predicted octanol–water partition coefficient (Wildman–Crippen LogP) is 3.46. The first-order valence-corrected chi connectivity index (χ1v) is 10.6. The maximum absolute atomic E-state index is 12.8. The number of hydrogen-bond donors (Lipinski definition) is 2. The van der Waals surface area contributed by atoms with Crippen LogP contribution in [0.2, 0.25) is 5.02 Å². The summed E-state index contributed by atoms with van der Waals surface area (Å²) in [5.41, 5.74) is 0.708. The van der Waals surface area contributed by atoms with Crippen LogP contribution in [-0.4, -0.2) is 32.7 Å². The fourth-order valence-corrected chi connectivity index (χ4v) is 4.10. The normalized spacial score (nSPS) is 13.0. The van der Waals surface area contributed by atoms with Crippen molar-refractivity contribution in [3.05, 3.63) is 58.9 Å². The van der Waals surface area contributed by atoms with Gasteiger partial charge in [-0.25, -0.2) is 8.42 Å². The molecule has 30 heavy (non-hydrogen) atoms. The van der Waals surface area contributed by atoms with Crippen LogP contribution in [0.15, 0.2) is 52.0 Å². The third-order valence-electron chi connectivity index (χ3n) is 4.29. The number of hydrogen-bond acceptors (Lipinski definition) is 7. The van der Waals surface area contributed by atoms with Crippen molar-refractivity contribution in [2.24, 2.45) is 0 Å². The van der Waals surface area contributed by atoms with E-state index in [1.165, 1.54) is 36.5 Å². The number of aromatic nitrogens is 1. The molecule has 0 saturated heterocycles. The summed E-state index contributed by atoms with van der Waals surface area (Å²) in [4.78, 5) is 12.3. The lowest BCUT2D eigenvalue weighted by Gasteiger charge is -2.19. The second-order valence-electron chi connectivity index (χ2n) is 6.36. The van der Waals surface area contributed by atoms with Crippen LogP contribution in [0.3, 0.4) is 0 Å². The van der Waals surface area contributed by atoms with E-state index in [1.807, 2.05) is 0 Å². The second-order valence-corrected chi connectivity index (χ2v) is 8.44. The fraction of sp³-hybridized carbons (Fsp3) is 0.158. The van der Waals surface area contributed by atoms with Crippen molar-refractivity contribution < 1.29 is 27.2 Å². The zero-order chi connectivity index (χ0) is 21.3. The maximum atomic E-state index is 12.8. The zero-order valence-corrected chi connectivity index (χ0v) is 17.2. The van der Waals surface area contributed by atoms with Crippen LogP contribution in [-0.2, 0) is 10.0 Å². The highest BCUT2D eigenvalue weighted by molar-refractivity contribution is 7.92. The molecule has 11 heteroatoms. The Morgan fingerprint density at radius 3 is 2.60 bits per heavy atom. The van der Waals surface area contributed by atoms with E-state index in [-0.39, 0.29) is 21.2 Å². The number of rotatable bonds is 5. The summed E-state index contributed by atoms with van der Waals surface area (Å²) in [6.45, 7) is 2.35. The van der Waals surface area contributed by atoms with E-state index < -0.39 is 15.9 Å². The first kappa shape index (κ1) is 20.0. The third kappa shape index (κ3) is 4.05. The van der Waals surface area contributed by atoms with Gasteiger partial charge in [-0.05, 0) is 37.3 Å². The number of nitrogens with zero attached hydrogens (tertiary/aromatic N) is 1. The highest BCUT2D eigenvalue weighted by atomic mass is 35.5. The van der Waals surface area contributed by atoms with Crippen molar-refractivity contribution in [3.63, 3.8) is 0 Å². The topological polar surface area (TPSA) is 120 Å². The molecule has 4 rings (SSSR count). The number of sulfonamides is 1. The molecule has 0 saturated carbocycles. The summed E-state index contributed by atoms with van der Waals surface area (Å²) in [6, 6.07) is 8.75. The molecule has 2 N–H and O–H groups in total. The van der Waals surface area contributed by atoms with E-state index in [2.05, 4.69) is 15.2 Å². The molecule has 0 spiro atoms. The molecule has 0 aliphatic carbocycles. The molecule has 1 aliphatic rings. The molecular formula is C19H16ClN3O6S. The Hall–Kier alpha value is -3.24. The van der Waals surface area contributed by atoms with E-state index >= 15 is 0 Å². The minimum absolute atomic E-state index is 0.0163. The minimum Gasteiger partial charge on any atom is -0.486 e. The summed E-state index contributed by atoms with van der Waals surface area (Å²) in [6.07, 6.45) is 1.30. The Morgan fingerprint density at radius 2 is 1.87 bits per heavy atom. The first-order chi connectivity index (χ1) is 14.3. The molecule has 0 atom stereocenters. The molecule has 1 aliphatic heterocycles. The summed E-state index contributed by atoms with van der Waals surface area (Å²) in [5, 5.41) is 6.37. The molecule has 2 heterocycles. The number of anilines is 2. The summed E-state index contributed by atoms with van der Waals surface area (Å²) in [5.74, 6) is 0.741. The van der Waals surface area contributed by atoms with Crippen molar-refractivity contribution in [2.45, 2.75) is 11.8 Å². The second kappa shape index (κ2) is 7.88. The van der Waals surface area contributed by atoms with Crippen molar-refractivity contribution in [2.75, 3.05) is 23.3 Å². The fourth-order valence-electron chi connectivity index (χ4n) is 2.79. The quantitative estimate of drug-likeness (QED) is 0.612. The van der Waals surface area contributed by atoms with Crippen LogP contribution in [0.5, 0.6) is 11.5 Å². The molecule has 0 fully saturated rings. The van der Waals surface area contributed by atoms with Gasteiger partial charge in [-0.3, -0.25) is 9.52 Å². The number of ether oxygens (including phenoxy) is 2. The number of halogens is 1. The molecule has 0 radical (unpaired) electrons. The van der Waals surface area contributed by atoms with Crippen molar-refractivity contribution in [3.8, 4) is 11.5 Å². The molecule has 9 nitrogen and oxygen atoms in total. The van der Waals surface area contributed by atoms with Gasteiger partial charge in [0, 0.05) is 11.8 Å². The third-order valence-corrected chi connectivity index (χ3v) is 5.98. The number of aryl methyl sites for hydroxylation is 1. The Labute approximate surface area is 177 Å². The molecule has 1 aromatic heterocycles. The average molecular weight is 450 g/mol. The Kier molecular flexibility index (Phi) is 5.27. The van der Waals surface area contributed by atoms with Gasteiger partial charge in [-0.2, -0.15) is 0 Å². The van der Waals surface area contributed by atoms with Crippen molar-refractivity contribution in [1.82, 2.24) is 5.16 Å². The number of carbonyl (C=O) groups excluding carboxylic acids is 1. The van der Waals surface area contributed by atoms with E-state index in [9.17, 15) is 13.2 Å². The summed E-state index contributed by atoms with van der Waals surface area (Å²) in [7, 11) is -3.97. The van der Waals surface area contributed by atoms with Crippen LogP contribution in [0.25, 0.3) is 0 Å². The number of benzene rings is 2. The van der Waals surface area contributed by atoms with Gasteiger partial charge in [0.25, 0.3) is 15.9 Å². The van der Waals surface area contributed by atoms with Gasteiger partial charge in [-0.15, -0.1) is 0 Å². The Balaban J connectivity index is 1.57. The molecular weight excluding hydrogens is 434 g/mol. The van der Waals surface area contributed by atoms with Gasteiger partial charge in [0.05, 0.1) is 21.8 Å². The lowest BCUT2D eigenvalue weighted by Crippen LogP contribution is -2.17. The van der Waals surface area contributed by atoms with E-state index in [4.69, 9.17) is 25.6 Å². The minimum atomic E-state index is -3.97. The summed E-state index contributed by atoms with van der Waals surface area (Å²) < 4.78 is 43.8. The molecule has 0 bridgehead atoms. The van der Waals surface area contributed by atoms with Gasteiger partial charge in [0.2, 0.25) is 0 Å². The van der Waals surface area contributed by atoms with Crippen LogP contribution < -0.4 is 19.5 Å². The van der Waals surface area contributed by atoms with Gasteiger partial charge in [0.15, 0.2) is 11.5 Å². The Bertz CT molecular complexity index is 1220. The van der Waals surface area contributed by atoms with Crippen LogP contribution in [0.1, 0.15) is 16.1 Å². The van der Waals surface area contributed by atoms with Crippen LogP contribution in [0, 0.1) is 6.92 Å². The number of carbonyl (C=O) groups is 1. The van der Waals surface area contributed by atoms with E-state index in [0.29, 0.717) is 36.2 Å². The smallest absolute Gasteiger partial charge is 0.262 e. The SMILES string of the molecule is Cc1oncc1C(=O)Nc1ccc(Cl)c(NS(=O)(=O)c2ccc3c(c2)OCCO3)c1. The zero-order valence-electron chi connectivity index (χ0n) is 15.6. The van der Waals surface area contributed by atoms with Crippen molar-refractivity contribution in [1.29, 1.82) is 0 Å². The van der Waals surface area contributed by atoms with Crippen molar-refractivity contribution >= 4 is 38.9 Å². The highest BCUT2D eigenvalue weighted by Crippen LogP contribution is 2.34. The lowest BCUT2D eigenvalue weighted by molar-refractivity contribution is 0.102. The van der Waals surface area contributed by atoms with E-state index in [1.54, 1.807) is 13.0 Å². The monoisotopic (exact) mass is 449 g/mol. The largest absolute Gasteiger partial charge is 0.486 e. The standard InChI is InChI=1S/C19H16ClN3O6S/c1-11-14(10-21-29-11)19(24)22-12-2-4-15(20)16(8-12)23-30(25,26)13-3-5-17-18(9-13)28-7-6-27-17/h2-5,8-10,23H,6-7H2,1H3,(H,22,24). The van der Waals surface area contributed by atoms with Gasteiger partial charge in [0.1, 0.15) is 24.5 Å². The number of nitrogens with one attached hydrogen (secondary N) is 2.